The maximum Gasteiger partial charge on any atom is 0.0275 e. The van der Waals surface area contributed by atoms with Gasteiger partial charge in [0.15, 0.2) is 0 Å². The van der Waals surface area contributed by atoms with Gasteiger partial charge in [-0.2, -0.15) is 0 Å². The topological polar surface area (TPSA) is 37.9 Å². The van der Waals surface area contributed by atoms with Gasteiger partial charge in [-0.25, -0.2) is 5.32 Å². The van der Waals surface area contributed by atoms with Crippen LogP contribution in [-0.4, -0.2) is 19.1 Å². The molecule has 0 aliphatic carbocycles. The summed E-state index contributed by atoms with van der Waals surface area (Å²) in [6, 6.07) is 0.459. The van der Waals surface area contributed by atoms with Crippen molar-refractivity contribution in [2.75, 3.05) is 13.1 Å². The lowest BCUT2D eigenvalue weighted by atomic mass is 10.3. The third kappa shape index (κ3) is 4.09. The molecule has 0 rings (SSSR count). The zero-order valence-corrected chi connectivity index (χ0v) is 5.65. The van der Waals surface area contributed by atoms with Crippen molar-refractivity contribution in [2.45, 2.75) is 26.3 Å². The fraction of sp³-hybridized carbons (Fsp3) is 1.00. The molecule has 0 aliphatic heterocycles. The summed E-state index contributed by atoms with van der Waals surface area (Å²) in [7, 11) is 0. The highest BCUT2D eigenvalue weighted by Gasteiger charge is 1.94. The van der Waals surface area contributed by atoms with Crippen LogP contribution in [0.1, 0.15) is 20.3 Å². The minimum Gasteiger partial charge on any atom is -0.256 e. The Morgan fingerprint density at radius 3 is 2.62 bits per heavy atom. The van der Waals surface area contributed by atoms with Crippen LogP contribution in [0, 0.1) is 0 Å². The van der Waals surface area contributed by atoms with Crippen LogP contribution in [0.25, 0.3) is 0 Å². The molecule has 2 heteroatoms. The summed E-state index contributed by atoms with van der Waals surface area (Å²) < 4.78 is 0. The Balaban J connectivity index is 2.86. The molecule has 0 heterocycles. The molecule has 1 atom stereocenters. The minimum atomic E-state index is 0.435. The summed E-state index contributed by atoms with van der Waals surface area (Å²) in [6.07, 6.45) is 1.10. The summed E-state index contributed by atoms with van der Waals surface area (Å²) in [5.74, 6) is 0. The van der Waals surface area contributed by atoms with Gasteiger partial charge in [0.2, 0.25) is 0 Å². The van der Waals surface area contributed by atoms with Crippen LogP contribution in [0.5, 0.6) is 0 Å². The van der Waals surface area contributed by atoms with Crippen molar-refractivity contribution < 1.29 is 0 Å². The minimum absolute atomic E-state index is 0.435. The standard InChI is InChI=1S/C6H14N2/c1-3-6(2)8-5-4-7/h6-7H,3-5H2,1-2H3. The first-order valence-corrected chi connectivity index (χ1v) is 3.12. The van der Waals surface area contributed by atoms with Gasteiger partial charge >= 0.3 is 0 Å². The van der Waals surface area contributed by atoms with E-state index >= 15 is 0 Å². The Kier molecular flexibility index (Phi) is 5.01. The van der Waals surface area contributed by atoms with Crippen molar-refractivity contribution in [1.82, 2.24) is 11.1 Å². The molecule has 0 aromatic heterocycles. The van der Waals surface area contributed by atoms with Crippen molar-refractivity contribution in [3.8, 4) is 0 Å². The van der Waals surface area contributed by atoms with Gasteiger partial charge in [0.1, 0.15) is 0 Å². The molecule has 1 N–H and O–H groups in total. The fourth-order valence-electron chi connectivity index (χ4n) is 0.414. The second kappa shape index (κ2) is 5.06. The predicted molar refractivity (Wildman–Crippen MR) is 34.7 cm³/mol. The van der Waals surface area contributed by atoms with Gasteiger partial charge in [-0.3, -0.25) is 5.73 Å². The molecule has 0 fully saturated rings. The van der Waals surface area contributed by atoms with Gasteiger partial charge in [0, 0.05) is 19.1 Å². The number of hydrogen-bond acceptors (Lipinski definition) is 0. The molecule has 0 saturated heterocycles. The number of hydrogen-bond donors (Lipinski definition) is 0. The number of nitrogens with one attached hydrogen (secondary N) is 1. The van der Waals surface area contributed by atoms with Crippen LogP contribution in [0.2, 0.25) is 0 Å². The average molecular weight is 114 g/mol. The van der Waals surface area contributed by atoms with Crippen LogP contribution < -0.4 is 11.1 Å². The lowest BCUT2D eigenvalue weighted by Crippen LogP contribution is -2.20. The zero-order valence-electron chi connectivity index (χ0n) is 5.65. The van der Waals surface area contributed by atoms with Crippen LogP contribution in [0.3, 0.4) is 0 Å². The van der Waals surface area contributed by atoms with Crippen LogP contribution in [0.15, 0.2) is 0 Å². The second-order valence-electron chi connectivity index (χ2n) is 1.91. The maximum atomic E-state index is 6.78. The van der Waals surface area contributed by atoms with E-state index < -0.39 is 0 Å². The van der Waals surface area contributed by atoms with Crippen LogP contribution >= 0.6 is 0 Å². The molecular weight excluding hydrogens is 100 g/mol. The second-order valence-corrected chi connectivity index (χ2v) is 1.91. The SMILES string of the molecule is CCC(C)[N]CC[NH]. The third-order valence-corrected chi connectivity index (χ3v) is 1.14. The summed E-state index contributed by atoms with van der Waals surface area (Å²) in [4.78, 5) is 0. The monoisotopic (exact) mass is 114 g/mol. The first-order chi connectivity index (χ1) is 3.81. The highest BCUT2D eigenvalue weighted by Crippen LogP contribution is 1.87. The van der Waals surface area contributed by atoms with E-state index in [-0.39, 0.29) is 0 Å². The average Bonchev–Trinajstić information content (AvgIpc) is 1.83. The van der Waals surface area contributed by atoms with Crippen molar-refractivity contribution in [3.05, 3.63) is 0 Å². The molecule has 0 aliphatic rings. The van der Waals surface area contributed by atoms with Gasteiger partial charge in [-0.05, 0) is 13.3 Å². The molecule has 0 spiro atoms. The third-order valence-electron chi connectivity index (χ3n) is 1.14. The van der Waals surface area contributed by atoms with E-state index in [9.17, 15) is 0 Å². The summed E-state index contributed by atoms with van der Waals surface area (Å²) >= 11 is 0. The Morgan fingerprint density at radius 1 is 1.62 bits per heavy atom. The van der Waals surface area contributed by atoms with E-state index in [0.717, 1.165) is 6.42 Å². The van der Waals surface area contributed by atoms with E-state index in [4.69, 9.17) is 5.73 Å². The fourth-order valence-corrected chi connectivity index (χ4v) is 0.414. The van der Waals surface area contributed by atoms with E-state index in [1.165, 1.54) is 0 Å². The van der Waals surface area contributed by atoms with Crippen molar-refractivity contribution >= 4 is 0 Å². The Hall–Kier alpha value is -0.0800. The Morgan fingerprint density at radius 2 is 2.25 bits per heavy atom. The molecule has 0 aromatic rings. The lowest BCUT2D eigenvalue weighted by molar-refractivity contribution is 0.528. The first-order valence-electron chi connectivity index (χ1n) is 3.12. The smallest absolute Gasteiger partial charge is 0.0275 e. The molecule has 0 amide bonds. The summed E-state index contributed by atoms with van der Waals surface area (Å²) in [5, 5.41) is 4.17. The zero-order chi connectivity index (χ0) is 6.41. The van der Waals surface area contributed by atoms with Crippen molar-refractivity contribution in [3.63, 3.8) is 0 Å². The highest BCUT2D eigenvalue weighted by atomic mass is 14.9. The van der Waals surface area contributed by atoms with E-state index in [2.05, 4.69) is 19.2 Å². The largest absolute Gasteiger partial charge is 0.256 e. The quantitative estimate of drug-likeness (QED) is 0.515. The lowest BCUT2D eigenvalue weighted by Gasteiger charge is -2.05. The van der Waals surface area contributed by atoms with Gasteiger partial charge < -0.3 is 0 Å². The van der Waals surface area contributed by atoms with Gasteiger partial charge in [0.25, 0.3) is 0 Å². The van der Waals surface area contributed by atoms with Crippen LogP contribution in [-0.2, 0) is 0 Å². The normalized spacial score (nSPS) is 13.9. The Bertz CT molecular complexity index is 45.8. The molecule has 1 unspecified atom stereocenters. The molecule has 0 bridgehead atoms. The van der Waals surface area contributed by atoms with Crippen LogP contribution in [0.4, 0.5) is 0 Å². The molecule has 0 saturated carbocycles. The van der Waals surface area contributed by atoms with E-state index in [0.29, 0.717) is 19.1 Å². The molecule has 2 radical (unpaired) electrons. The first kappa shape index (κ1) is 7.92. The summed E-state index contributed by atoms with van der Waals surface area (Å²) in [5.41, 5.74) is 6.78. The molecule has 2 nitrogen and oxygen atoms in total. The van der Waals surface area contributed by atoms with E-state index in [1.54, 1.807) is 0 Å². The summed E-state index contributed by atoms with van der Waals surface area (Å²) in [6.45, 7) is 5.33. The molecule has 0 aromatic carbocycles. The van der Waals surface area contributed by atoms with Crippen molar-refractivity contribution in [2.24, 2.45) is 0 Å². The molecule has 8 heavy (non-hydrogen) atoms. The highest BCUT2D eigenvalue weighted by molar-refractivity contribution is 4.55. The number of rotatable bonds is 4. The maximum absolute atomic E-state index is 6.78. The van der Waals surface area contributed by atoms with Gasteiger partial charge in [-0.15, -0.1) is 0 Å². The molecule has 48 valence electrons. The Labute approximate surface area is 51.5 Å². The number of nitrogens with zero attached hydrogens (tertiary/aromatic N) is 1. The van der Waals surface area contributed by atoms with Gasteiger partial charge in [0.05, 0.1) is 0 Å². The van der Waals surface area contributed by atoms with Crippen molar-refractivity contribution in [1.29, 1.82) is 0 Å². The molecular formula is C6H14N2. The predicted octanol–water partition coefficient (Wildman–Crippen LogP) is 0.672. The van der Waals surface area contributed by atoms with Gasteiger partial charge in [-0.1, -0.05) is 6.92 Å². The van der Waals surface area contributed by atoms with E-state index in [1.807, 2.05) is 0 Å².